The van der Waals surface area contributed by atoms with E-state index >= 15 is 0 Å². The molecule has 5 heteroatoms. The number of thioether (sulfide) groups is 1. The molecule has 0 spiro atoms. The SMILES string of the molecule is C=CCCCC(C)CC1CCC(C)C1Sc1cc(-c2cc(F)c(F)c(F)c2)ccc1Cl. The van der Waals surface area contributed by atoms with E-state index in [0.717, 1.165) is 23.4 Å². The van der Waals surface area contributed by atoms with Gasteiger partial charge in [0, 0.05) is 10.1 Å². The van der Waals surface area contributed by atoms with Crippen LogP contribution in [0.2, 0.25) is 5.02 Å². The highest BCUT2D eigenvalue weighted by Gasteiger charge is 2.35. The standard InChI is InChI=1S/C26H30ClF3S/c1-4-5-6-7-16(2)12-19-9-8-17(3)26(19)31-24-15-18(10-11-21(24)27)20-13-22(28)25(30)23(29)14-20/h4,10-11,13-17,19,26H,1,5-9,12H2,2-3H3. The van der Waals surface area contributed by atoms with Gasteiger partial charge in [-0.1, -0.05) is 44.0 Å². The van der Waals surface area contributed by atoms with E-state index in [4.69, 9.17) is 11.6 Å². The molecule has 0 N–H and O–H groups in total. The van der Waals surface area contributed by atoms with Crippen LogP contribution in [-0.4, -0.2) is 5.25 Å². The minimum Gasteiger partial charge on any atom is -0.204 e. The van der Waals surface area contributed by atoms with Gasteiger partial charge in [0.25, 0.3) is 0 Å². The van der Waals surface area contributed by atoms with Gasteiger partial charge >= 0.3 is 0 Å². The lowest BCUT2D eigenvalue weighted by Crippen LogP contribution is -2.18. The predicted molar refractivity (Wildman–Crippen MR) is 126 cm³/mol. The maximum absolute atomic E-state index is 13.7. The molecule has 0 aliphatic heterocycles. The fourth-order valence-electron chi connectivity index (χ4n) is 4.62. The van der Waals surface area contributed by atoms with Crippen LogP contribution in [0.15, 0.2) is 47.9 Å². The van der Waals surface area contributed by atoms with Crippen LogP contribution in [0.3, 0.4) is 0 Å². The van der Waals surface area contributed by atoms with Gasteiger partial charge in [0.05, 0.1) is 5.02 Å². The van der Waals surface area contributed by atoms with Gasteiger partial charge < -0.3 is 0 Å². The first-order chi connectivity index (χ1) is 14.8. The fraction of sp³-hybridized carbons (Fsp3) is 0.462. The zero-order valence-corrected chi connectivity index (χ0v) is 19.7. The number of unbranched alkanes of at least 4 members (excludes halogenated alkanes) is 1. The minimum absolute atomic E-state index is 0.307. The third-order valence-corrected chi connectivity index (χ3v) is 8.49. The molecule has 2 aromatic rings. The Bertz CT molecular complexity index is 891. The van der Waals surface area contributed by atoms with E-state index in [9.17, 15) is 13.2 Å². The lowest BCUT2D eigenvalue weighted by atomic mass is 9.90. The molecular formula is C26H30ClF3S. The molecule has 2 aromatic carbocycles. The maximum atomic E-state index is 13.7. The van der Waals surface area contributed by atoms with E-state index in [1.165, 1.54) is 32.1 Å². The third-order valence-electron chi connectivity index (χ3n) is 6.34. The number of halogens is 4. The summed E-state index contributed by atoms with van der Waals surface area (Å²) in [6.45, 7) is 8.43. The quantitative estimate of drug-likeness (QED) is 0.201. The normalized spacial score (nSPS) is 21.9. The van der Waals surface area contributed by atoms with E-state index in [-0.39, 0.29) is 0 Å². The average molecular weight is 467 g/mol. The average Bonchev–Trinajstić information content (AvgIpc) is 3.06. The predicted octanol–water partition coefficient (Wildman–Crippen LogP) is 9.31. The third kappa shape index (κ3) is 6.10. The molecule has 0 heterocycles. The minimum atomic E-state index is -1.45. The molecule has 4 atom stereocenters. The molecule has 31 heavy (non-hydrogen) atoms. The van der Waals surface area contributed by atoms with Crippen LogP contribution >= 0.6 is 23.4 Å². The summed E-state index contributed by atoms with van der Waals surface area (Å²) in [5.74, 6) is -1.94. The Morgan fingerprint density at radius 1 is 1.13 bits per heavy atom. The van der Waals surface area contributed by atoms with Crippen molar-refractivity contribution in [1.29, 1.82) is 0 Å². The number of rotatable bonds is 9. The topological polar surface area (TPSA) is 0 Å². The van der Waals surface area contributed by atoms with Crippen LogP contribution in [0.25, 0.3) is 11.1 Å². The van der Waals surface area contributed by atoms with Gasteiger partial charge in [-0.25, -0.2) is 13.2 Å². The lowest BCUT2D eigenvalue weighted by Gasteiger charge is -2.25. The van der Waals surface area contributed by atoms with Crippen molar-refractivity contribution in [3.63, 3.8) is 0 Å². The summed E-state index contributed by atoms with van der Waals surface area (Å²) in [7, 11) is 0. The fourth-order valence-corrected chi connectivity index (χ4v) is 6.35. The summed E-state index contributed by atoms with van der Waals surface area (Å²) in [6, 6.07) is 7.40. The van der Waals surface area contributed by atoms with Gasteiger partial charge in [-0.15, -0.1) is 18.3 Å². The van der Waals surface area contributed by atoms with Gasteiger partial charge in [0.1, 0.15) is 0 Å². The molecule has 1 fully saturated rings. The lowest BCUT2D eigenvalue weighted by molar-refractivity contribution is 0.373. The Morgan fingerprint density at radius 3 is 2.52 bits per heavy atom. The first-order valence-corrected chi connectivity index (χ1v) is 12.3. The molecule has 0 bridgehead atoms. The second-order valence-corrected chi connectivity index (χ2v) is 10.5. The highest BCUT2D eigenvalue weighted by atomic mass is 35.5. The molecule has 1 saturated carbocycles. The van der Waals surface area contributed by atoms with Crippen LogP contribution < -0.4 is 0 Å². The molecule has 0 radical (unpaired) electrons. The second-order valence-electron chi connectivity index (χ2n) is 8.86. The Kier molecular flexibility index (Phi) is 8.58. The van der Waals surface area contributed by atoms with Crippen LogP contribution in [-0.2, 0) is 0 Å². The van der Waals surface area contributed by atoms with Crippen LogP contribution in [0.5, 0.6) is 0 Å². The van der Waals surface area contributed by atoms with Crippen molar-refractivity contribution >= 4 is 23.4 Å². The van der Waals surface area contributed by atoms with Crippen molar-refractivity contribution in [2.75, 3.05) is 0 Å². The highest BCUT2D eigenvalue weighted by molar-refractivity contribution is 8.00. The van der Waals surface area contributed by atoms with Gasteiger partial charge in [-0.3, -0.25) is 0 Å². The van der Waals surface area contributed by atoms with Crippen molar-refractivity contribution in [2.45, 2.75) is 62.5 Å². The summed E-state index contributed by atoms with van der Waals surface area (Å²) in [6.07, 6.45) is 9.07. The second kappa shape index (κ2) is 11.0. The molecular weight excluding hydrogens is 437 g/mol. The van der Waals surface area contributed by atoms with E-state index in [2.05, 4.69) is 20.4 Å². The van der Waals surface area contributed by atoms with Crippen LogP contribution in [0.4, 0.5) is 13.2 Å². The van der Waals surface area contributed by atoms with Gasteiger partial charge in [-0.2, -0.15) is 0 Å². The monoisotopic (exact) mass is 466 g/mol. The summed E-state index contributed by atoms with van der Waals surface area (Å²) < 4.78 is 40.8. The first kappa shape index (κ1) is 24.3. The van der Waals surface area contributed by atoms with Crippen molar-refractivity contribution in [1.82, 2.24) is 0 Å². The zero-order valence-electron chi connectivity index (χ0n) is 18.1. The van der Waals surface area contributed by atoms with Crippen molar-refractivity contribution in [3.8, 4) is 11.1 Å². The van der Waals surface area contributed by atoms with Crippen molar-refractivity contribution in [3.05, 3.63) is 65.5 Å². The molecule has 0 aromatic heterocycles. The molecule has 1 aliphatic carbocycles. The number of hydrogen-bond acceptors (Lipinski definition) is 1. The summed E-state index contributed by atoms with van der Waals surface area (Å²) >= 11 is 8.27. The van der Waals surface area contributed by atoms with E-state index < -0.39 is 17.5 Å². The highest BCUT2D eigenvalue weighted by Crippen LogP contribution is 2.47. The number of benzene rings is 2. The largest absolute Gasteiger partial charge is 0.204 e. The Labute approximate surface area is 193 Å². The van der Waals surface area contributed by atoms with Crippen molar-refractivity contribution in [2.24, 2.45) is 17.8 Å². The molecule has 0 nitrogen and oxygen atoms in total. The van der Waals surface area contributed by atoms with E-state index in [0.29, 0.717) is 39.2 Å². The van der Waals surface area contributed by atoms with Crippen molar-refractivity contribution < 1.29 is 13.2 Å². The molecule has 168 valence electrons. The Hall–Kier alpha value is -1.39. The summed E-state index contributed by atoms with van der Waals surface area (Å²) in [5.41, 5.74) is 0.937. The smallest absolute Gasteiger partial charge is 0.194 e. The first-order valence-electron chi connectivity index (χ1n) is 11.0. The Morgan fingerprint density at radius 2 is 1.84 bits per heavy atom. The molecule has 1 aliphatic rings. The maximum Gasteiger partial charge on any atom is 0.194 e. The number of hydrogen-bond donors (Lipinski definition) is 0. The molecule has 0 amide bonds. The molecule has 4 unspecified atom stereocenters. The summed E-state index contributed by atoms with van der Waals surface area (Å²) in [5, 5.41) is 1.09. The van der Waals surface area contributed by atoms with Gasteiger partial charge in [-0.05, 0) is 85.3 Å². The zero-order chi connectivity index (χ0) is 22.5. The molecule has 3 rings (SSSR count). The molecule has 0 saturated heterocycles. The van der Waals surface area contributed by atoms with Gasteiger partial charge in [0.2, 0.25) is 0 Å². The van der Waals surface area contributed by atoms with Crippen LogP contribution in [0.1, 0.15) is 52.4 Å². The van der Waals surface area contributed by atoms with Crippen LogP contribution in [0, 0.1) is 35.2 Å². The van der Waals surface area contributed by atoms with Gasteiger partial charge in [0.15, 0.2) is 17.5 Å². The van der Waals surface area contributed by atoms with E-state index in [1.54, 1.807) is 23.9 Å². The number of allylic oxidation sites excluding steroid dienone is 1. The Balaban J connectivity index is 1.77. The summed E-state index contributed by atoms with van der Waals surface area (Å²) in [4.78, 5) is 0.910. The van der Waals surface area contributed by atoms with E-state index in [1.807, 2.05) is 12.1 Å².